The quantitative estimate of drug-likeness (QED) is 0.914. The summed E-state index contributed by atoms with van der Waals surface area (Å²) in [6, 6.07) is 6.90. The van der Waals surface area contributed by atoms with Crippen molar-refractivity contribution in [2.45, 2.75) is 31.8 Å². The molecule has 2 heterocycles. The molecule has 1 aliphatic heterocycles. The van der Waals surface area contributed by atoms with Crippen molar-refractivity contribution in [3.05, 3.63) is 34.8 Å². The van der Waals surface area contributed by atoms with Gasteiger partial charge in [0.15, 0.2) is 5.58 Å². The number of carbonyl (C=O) groups excluding carboxylic acids is 1. The number of benzene rings is 1. The van der Waals surface area contributed by atoms with E-state index in [2.05, 4.69) is 0 Å². The van der Waals surface area contributed by atoms with Crippen LogP contribution in [0.5, 0.6) is 0 Å². The van der Waals surface area contributed by atoms with Gasteiger partial charge in [0.2, 0.25) is 5.91 Å². The molecule has 1 unspecified atom stereocenters. The Labute approximate surface area is 121 Å². The summed E-state index contributed by atoms with van der Waals surface area (Å²) >= 11 is 0. The van der Waals surface area contributed by atoms with Crippen molar-refractivity contribution in [2.75, 3.05) is 13.2 Å². The fourth-order valence-corrected chi connectivity index (χ4v) is 2.91. The Morgan fingerprint density at radius 2 is 2.14 bits per heavy atom. The van der Waals surface area contributed by atoms with E-state index in [-0.39, 0.29) is 25.1 Å². The average molecular weight is 290 g/mol. The third kappa shape index (κ3) is 2.58. The second kappa shape index (κ2) is 5.73. The monoisotopic (exact) mass is 290 g/mol. The molecule has 1 fully saturated rings. The van der Waals surface area contributed by atoms with Gasteiger partial charge in [0.05, 0.1) is 18.2 Å². The van der Waals surface area contributed by atoms with Crippen molar-refractivity contribution >= 4 is 17.0 Å². The van der Waals surface area contributed by atoms with Crippen LogP contribution in [0, 0.1) is 0 Å². The molecule has 0 radical (unpaired) electrons. The summed E-state index contributed by atoms with van der Waals surface area (Å²) in [5.41, 5.74) is 1.10. The first-order valence-electron chi connectivity index (χ1n) is 7.19. The largest absolute Gasteiger partial charge is 0.420 e. The number of piperidine rings is 1. The standard InChI is InChI=1S/C15H18N2O4/c18-10-11-5-3-4-8-16(11)14(19)9-17-12-6-1-2-7-13(12)21-15(17)20/h1-2,6-7,11,18H,3-5,8-10H2. The van der Waals surface area contributed by atoms with Crippen LogP contribution < -0.4 is 5.76 Å². The zero-order chi connectivity index (χ0) is 14.8. The minimum atomic E-state index is -0.526. The van der Waals surface area contributed by atoms with E-state index in [1.54, 1.807) is 29.2 Å². The van der Waals surface area contributed by atoms with Crippen LogP contribution in [0.3, 0.4) is 0 Å². The lowest BCUT2D eigenvalue weighted by molar-refractivity contribution is -0.136. The van der Waals surface area contributed by atoms with Crippen LogP contribution in [0.1, 0.15) is 19.3 Å². The first-order chi connectivity index (χ1) is 10.2. The lowest BCUT2D eigenvalue weighted by Crippen LogP contribution is -2.47. The van der Waals surface area contributed by atoms with Crippen LogP contribution in [-0.4, -0.2) is 39.7 Å². The second-order valence-electron chi connectivity index (χ2n) is 5.34. The molecule has 1 amide bonds. The van der Waals surface area contributed by atoms with E-state index in [4.69, 9.17) is 4.42 Å². The van der Waals surface area contributed by atoms with Gasteiger partial charge in [-0.15, -0.1) is 0 Å². The normalized spacial score (nSPS) is 19.1. The molecule has 0 bridgehead atoms. The van der Waals surface area contributed by atoms with Gasteiger partial charge in [-0.05, 0) is 31.4 Å². The number of oxazole rings is 1. The van der Waals surface area contributed by atoms with E-state index < -0.39 is 5.76 Å². The Bertz CT molecular complexity index is 703. The number of aliphatic hydroxyl groups excluding tert-OH is 1. The number of hydrogen-bond donors (Lipinski definition) is 1. The maximum atomic E-state index is 12.4. The van der Waals surface area contributed by atoms with Gasteiger partial charge in [-0.3, -0.25) is 9.36 Å². The van der Waals surface area contributed by atoms with Crippen molar-refractivity contribution in [1.82, 2.24) is 9.47 Å². The van der Waals surface area contributed by atoms with Crippen molar-refractivity contribution in [1.29, 1.82) is 0 Å². The Morgan fingerprint density at radius 3 is 2.95 bits per heavy atom. The predicted octanol–water partition coefficient (Wildman–Crippen LogP) is 0.968. The van der Waals surface area contributed by atoms with Gasteiger partial charge in [0.1, 0.15) is 6.54 Å². The second-order valence-corrected chi connectivity index (χ2v) is 5.34. The molecule has 6 heteroatoms. The number of likely N-dealkylation sites (tertiary alicyclic amines) is 1. The molecule has 112 valence electrons. The van der Waals surface area contributed by atoms with Gasteiger partial charge in [0, 0.05) is 6.54 Å². The van der Waals surface area contributed by atoms with Crippen molar-refractivity contribution in [3.63, 3.8) is 0 Å². The van der Waals surface area contributed by atoms with Gasteiger partial charge >= 0.3 is 5.76 Å². The van der Waals surface area contributed by atoms with Gasteiger partial charge < -0.3 is 14.4 Å². The van der Waals surface area contributed by atoms with Crippen molar-refractivity contribution in [3.8, 4) is 0 Å². The highest BCUT2D eigenvalue weighted by molar-refractivity contribution is 5.79. The van der Waals surface area contributed by atoms with Gasteiger partial charge in [-0.1, -0.05) is 12.1 Å². The van der Waals surface area contributed by atoms with E-state index in [1.807, 2.05) is 0 Å². The highest BCUT2D eigenvalue weighted by atomic mass is 16.4. The number of hydrogen-bond acceptors (Lipinski definition) is 4. The molecule has 21 heavy (non-hydrogen) atoms. The zero-order valence-electron chi connectivity index (χ0n) is 11.7. The Balaban J connectivity index is 1.86. The molecule has 6 nitrogen and oxygen atoms in total. The van der Waals surface area contributed by atoms with Crippen molar-refractivity contribution in [2.24, 2.45) is 0 Å². The molecule has 0 saturated carbocycles. The predicted molar refractivity (Wildman–Crippen MR) is 76.9 cm³/mol. The average Bonchev–Trinajstić information content (AvgIpc) is 2.83. The highest BCUT2D eigenvalue weighted by Gasteiger charge is 2.27. The summed E-state index contributed by atoms with van der Waals surface area (Å²) < 4.78 is 6.48. The Kier molecular flexibility index (Phi) is 3.79. The fourth-order valence-electron chi connectivity index (χ4n) is 2.91. The van der Waals surface area contributed by atoms with Gasteiger partial charge in [0.25, 0.3) is 0 Å². The van der Waals surface area contributed by atoms with Crippen LogP contribution in [0.15, 0.2) is 33.5 Å². The number of fused-ring (bicyclic) bond motifs is 1. The zero-order valence-corrected chi connectivity index (χ0v) is 11.7. The summed E-state index contributed by atoms with van der Waals surface area (Å²) in [5, 5.41) is 9.38. The van der Waals surface area contributed by atoms with Crippen LogP contribution in [0.4, 0.5) is 0 Å². The minimum Gasteiger partial charge on any atom is -0.408 e. The van der Waals surface area contributed by atoms with Gasteiger partial charge in [-0.25, -0.2) is 4.79 Å². The highest BCUT2D eigenvalue weighted by Crippen LogP contribution is 2.18. The molecule has 0 aliphatic carbocycles. The number of rotatable bonds is 3. The van der Waals surface area contributed by atoms with E-state index in [1.165, 1.54) is 4.57 Å². The first-order valence-corrected chi connectivity index (χ1v) is 7.19. The van der Waals surface area contributed by atoms with E-state index in [9.17, 15) is 14.7 Å². The molecule has 1 saturated heterocycles. The SMILES string of the molecule is O=C(Cn1c(=O)oc2ccccc21)N1CCCCC1CO. The third-order valence-corrected chi connectivity index (χ3v) is 4.03. The molecular weight excluding hydrogens is 272 g/mol. The summed E-state index contributed by atoms with van der Waals surface area (Å²) in [7, 11) is 0. The summed E-state index contributed by atoms with van der Waals surface area (Å²) in [5.74, 6) is -0.676. The summed E-state index contributed by atoms with van der Waals surface area (Å²) in [6.07, 6.45) is 2.76. The number of amides is 1. The van der Waals surface area contributed by atoms with E-state index >= 15 is 0 Å². The van der Waals surface area contributed by atoms with E-state index in [0.717, 1.165) is 19.3 Å². The smallest absolute Gasteiger partial charge is 0.408 e. The molecule has 1 aromatic heterocycles. The molecule has 1 aliphatic rings. The summed E-state index contributed by atoms with van der Waals surface area (Å²) in [4.78, 5) is 26.0. The van der Waals surface area contributed by atoms with Crippen LogP contribution in [0.2, 0.25) is 0 Å². The molecular formula is C15H18N2O4. The third-order valence-electron chi connectivity index (χ3n) is 4.03. The lowest BCUT2D eigenvalue weighted by Gasteiger charge is -2.34. The maximum absolute atomic E-state index is 12.4. The first kappa shape index (κ1) is 13.9. The topological polar surface area (TPSA) is 75.7 Å². The lowest BCUT2D eigenvalue weighted by atomic mass is 10.0. The van der Waals surface area contributed by atoms with E-state index in [0.29, 0.717) is 17.6 Å². The molecule has 1 atom stereocenters. The molecule has 1 aromatic carbocycles. The molecule has 2 aromatic rings. The van der Waals surface area contributed by atoms with Crippen LogP contribution in [0.25, 0.3) is 11.1 Å². The Hall–Kier alpha value is -2.08. The number of para-hydroxylation sites is 2. The number of aromatic nitrogens is 1. The van der Waals surface area contributed by atoms with Crippen molar-refractivity contribution < 1.29 is 14.3 Å². The number of nitrogens with zero attached hydrogens (tertiary/aromatic N) is 2. The molecule has 1 N–H and O–H groups in total. The Morgan fingerprint density at radius 1 is 1.33 bits per heavy atom. The maximum Gasteiger partial charge on any atom is 0.420 e. The number of aliphatic hydroxyl groups is 1. The van der Waals surface area contributed by atoms with Crippen LogP contribution >= 0.6 is 0 Å². The minimum absolute atomic E-state index is 0.0349. The van der Waals surface area contributed by atoms with Gasteiger partial charge in [-0.2, -0.15) is 0 Å². The number of carbonyl (C=O) groups is 1. The fraction of sp³-hybridized carbons (Fsp3) is 0.467. The summed E-state index contributed by atoms with van der Waals surface area (Å²) in [6.45, 7) is 0.549. The molecule has 0 spiro atoms. The molecule has 3 rings (SSSR count). The van der Waals surface area contributed by atoms with Crippen LogP contribution in [-0.2, 0) is 11.3 Å².